The zero-order chi connectivity index (χ0) is 17.1. The summed E-state index contributed by atoms with van der Waals surface area (Å²) in [4.78, 5) is 28.2. The molecule has 1 N–H and O–H groups in total. The first-order chi connectivity index (χ1) is 11.6. The van der Waals surface area contributed by atoms with Gasteiger partial charge in [-0.25, -0.2) is 0 Å². The van der Waals surface area contributed by atoms with Crippen LogP contribution in [0.2, 0.25) is 5.02 Å². The van der Waals surface area contributed by atoms with Gasteiger partial charge in [0.05, 0.1) is 30.6 Å². The van der Waals surface area contributed by atoms with E-state index in [1.54, 1.807) is 11.0 Å². The van der Waals surface area contributed by atoms with E-state index in [4.69, 9.17) is 16.3 Å². The van der Waals surface area contributed by atoms with E-state index in [-0.39, 0.29) is 30.4 Å². The highest BCUT2D eigenvalue weighted by Gasteiger charge is 2.37. The number of hydrogen-bond acceptors (Lipinski definition) is 4. The SMILES string of the molecule is CCN1CCNC(=O)[C@@H]1CC(=O)N1CC(Oc2ccccc2Cl)C1. The van der Waals surface area contributed by atoms with Gasteiger partial charge >= 0.3 is 0 Å². The van der Waals surface area contributed by atoms with E-state index >= 15 is 0 Å². The Labute approximate surface area is 146 Å². The molecule has 2 aliphatic rings. The standard InChI is InChI=1S/C17H22ClN3O3/c1-2-20-8-7-19-17(23)14(20)9-16(22)21-10-12(11-21)24-15-6-4-3-5-13(15)18/h3-6,12,14H,2,7-11H2,1H3,(H,19,23)/t14-/m0/s1. The summed E-state index contributed by atoms with van der Waals surface area (Å²) in [5.74, 6) is 0.579. The van der Waals surface area contributed by atoms with E-state index in [2.05, 4.69) is 5.32 Å². The van der Waals surface area contributed by atoms with Crippen LogP contribution in [0.4, 0.5) is 0 Å². The van der Waals surface area contributed by atoms with Gasteiger partial charge < -0.3 is 15.0 Å². The molecule has 6 nitrogen and oxygen atoms in total. The number of nitrogens with one attached hydrogen (secondary N) is 1. The van der Waals surface area contributed by atoms with Gasteiger partial charge in [0.2, 0.25) is 11.8 Å². The van der Waals surface area contributed by atoms with E-state index in [1.165, 1.54) is 0 Å². The molecular formula is C17H22ClN3O3. The van der Waals surface area contributed by atoms with Gasteiger partial charge in [0.15, 0.2) is 0 Å². The molecule has 1 aromatic rings. The highest BCUT2D eigenvalue weighted by Crippen LogP contribution is 2.26. The van der Waals surface area contributed by atoms with Crippen LogP contribution in [0, 0.1) is 0 Å². The van der Waals surface area contributed by atoms with Gasteiger partial charge in [-0.05, 0) is 18.7 Å². The molecule has 0 bridgehead atoms. The van der Waals surface area contributed by atoms with Crippen LogP contribution < -0.4 is 10.1 Å². The molecule has 0 unspecified atom stereocenters. The van der Waals surface area contributed by atoms with E-state index in [0.717, 1.165) is 13.1 Å². The molecular weight excluding hydrogens is 330 g/mol. The molecule has 1 atom stereocenters. The zero-order valence-corrected chi connectivity index (χ0v) is 14.5. The summed E-state index contributed by atoms with van der Waals surface area (Å²) in [6, 6.07) is 6.95. The lowest BCUT2D eigenvalue weighted by atomic mass is 10.1. The topological polar surface area (TPSA) is 61.9 Å². The molecule has 1 aromatic carbocycles. The Morgan fingerprint density at radius 3 is 2.83 bits per heavy atom. The molecule has 0 saturated carbocycles. The lowest BCUT2D eigenvalue weighted by Gasteiger charge is -2.41. The minimum Gasteiger partial charge on any atom is -0.485 e. The summed E-state index contributed by atoms with van der Waals surface area (Å²) in [5.41, 5.74) is 0. The summed E-state index contributed by atoms with van der Waals surface area (Å²) in [7, 11) is 0. The summed E-state index contributed by atoms with van der Waals surface area (Å²) < 4.78 is 5.80. The normalized spacial score (nSPS) is 22.0. The molecule has 24 heavy (non-hydrogen) atoms. The first kappa shape index (κ1) is 17.0. The Kier molecular flexibility index (Phi) is 5.26. The smallest absolute Gasteiger partial charge is 0.237 e. The van der Waals surface area contributed by atoms with Gasteiger partial charge in [-0.1, -0.05) is 30.7 Å². The summed E-state index contributed by atoms with van der Waals surface area (Å²) in [6.45, 7) is 5.28. The van der Waals surface area contributed by atoms with Gasteiger partial charge in [-0.2, -0.15) is 0 Å². The maximum Gasteiger partial charge on any atom is 0.237 e. The molecule has 3 rings (SSSR count). The number of amides is 2. The number of ether oxygens (including phenoxy) is 1. The number of piperazine rings is 1. The van der Waals surface area contributed by atoms with Crippen molar-refractivity contribution in [3.8, 4) is 5.75 Å². The van der Waals surface area contributed by atoms with Gasteiger partial charge in [0.25, 0.3) is 0 Å². The molecule has 0 spiro atoms. The van der Waals surface area contributed by atoms with Crippen molar-refractivity contribution in [3.63, 3.8) is 0 Å². The molecule has 7 heteroatoms. The Balaban J connectivity index is 1.49. The molecule has 0 aliphatic carbocycles. The Bertz CT molecular complexity index is 619. The largest absolute Gasteiger partial charge is 0.485 e. The van der Waals surface area contributed by atoms with E-state index in [0.29, 0.717) is 30.4 Å². The number of carbonyl (C=O) groups excluding carboxylic acids is 2. The zero-order valence-electron chi connectivity index (χ0n) is 13.7. The lowest BCUT2D eigenvalue weighted by molar-refractivity contribution is -0.145. The first-order valence-electron chi connectivity index (χ1n) is 8.29. The van der Waals surface area contributed by atoms with Crippen LogP contribution in [0.5, 0.6) is 5.75 Å². The molecule has 0 radical (unpaired) electrons. The molecule has 2 aliphatic heterocycles. The number of carbonyl (C=O) groups is 2. The highest BCUT2D eigenvalue weighted by atomic mass is 35.5. The summed E-state index contributed by atoms with van der Waals surface area (Å²) in [6.07, 6.45) is 0.176. The van der Waals surface area contributed by atoms with Gasteiger partial charge in [-0.15, -0.1) is 0 Å². The van der Waals surface area contributed by atoms with Crippen molar-refractivity contribution in [2.24, 2.45) is 0 Å². The number of para-hydroxylation sites is 1. The Hall–Kier alpha value is -1.79. The van der Waals surface area contributed by atoms with Crippen LogP contribution in [0.1, 0.15) is 13.3 Å². The maximum atomic E-state index is 12.4. The fraction of sp³-hybridized carbons (Fsp3) is 0.529. The third-order valence-electron chi connectivity index (χ3n) is 4.55. The first-order valence-corrected chi connectivity index (χ1v) is 8.67. The Morgan fingerprint density at radius 2 is 2.12 bits per heavy atom. The predicted octanol–water partition coefficient (Wildman–Crippen LogP) is 1.14. The van der Waals surface area contributed by atoms with Gasteiger partial charge in [-0.3, -0.25) is 14.5 Å². The van der Waals surface area contributed by atoms with Gasteiger partial charge in [0.1, 0.15) is 11.9 Å². The number of likely N-dealkylation sites (N-methyl/N-ethyl adjacent to an activating group) is 1. The fourth-order valence-electron chi connectivity index (χ4n) is 3.09. The molecule has 2 saturated heterocycles. The van der Waals surface area contributed by atoms with Crippen LogP contribution in [0.15, 0.2) is 24.3 Å². The predicted molar refractivity (Wildman–Crippen MR) is 91.1 cm³/mol. The summed E-state index contributed by atoms with van der Waals surface area (Å²) in [5, 5.41) is 3.40. The van der Waals surface area contributed by atoms with Crippen LogP contribution in [-0.4, -0.2) is 66.5 Å². The molecule has 2 fully saturated rings. The second-order valence-electron chi connectivity index (χ2n) is 6.11. The van der Waals surface area contributed by atoms with Crippen molar-refractivity contribution in [1.29, 1.82) is 0 Å². The summed E-state index contributed by atoms with van der Waals surface area (Å²) >= 11 is 6.07. The number of nitrogens with zero attached hydrogens (tertiary/aromatic N) is 2. The van der Waals surface area contributed by atoms with Crippen molar-refractivity contribution >= 4 is 23.4 Å². The van der Waals surface area contributed by atoms with Crippen LogP contribution in [0.3, 0.4) is 0 Å². The number of halogens is 1. The number of rotatable bonds is 5. The second kappa shape index (κ2) is 7.40. The van der Waals surface area contributed by atoms with Crippen molar-refractivity contribution in [2.45, 2.75) is 25.5 Å². The number of likely N-dealkylation sites (tertiary alicyclic amines) is 1. The monoisotopic (exact) mass is 351 g/mol. The molecule has 0 aromatic heterocycles. The van der Waals surface area contributed by atoms with E-state index in [1.807, 2.05) is 30.0 Å². The molecule has 2 amide bonds. The third kappa shape index (κ3) is 3.65. The van der Waals surface area contributed by atoms with Crippen molar-refractivity contribution in [1.82, 2.24) is 15.1 Å². The van der Waals surface area contributed by atoms with Crippen molar-refractivity contribution in [2.75, 3.05) is 32.7 Å². The molecule has 2 heterocycles. The van der Waals surface area contributed by atoms with E-state index in [9.17, 15) is 9.59 Å². The van der Waals surface area contributed by atoms with E-state index < -0.39 is 0 Å². The minimum absolute atomic E-state index is 0.00508. The van der Waals surface area contributed by atoms with Crippen molar-refractivity contribution < 1.29 is 14.3 Å². The maximum absolute atomic E-state index is 12.4. The highest BCUT2D eigenvalue weighted by molar-refractivity contribution is 6.32. The average molecular weight is 352 g/mol. The second-order valence-corrected chi connectivity index (χ2v) is 6.52. The quantitative estimate of drug-likeness (QED) is 0.864. The number of hydrogen-bond donors (Lipinski definition) is 1. The average Bonchev–Trinajstić information content (AvgIpc) is 2.53. The van der Waals surface area contributed by atoms with Crippen LogP contribution in [-0.2, 0) is 9.59 Å². The van der Waals surface area contributed by atoms with Crippen molar-refractivity contribution in [3.05, 3.63) is 29.3 Å². The fourth-order valence-corrected chi connectivity index (χ4v) is 3.27. The van der Waals surface area contributed by atoms with Gasteiger partial charge in [0, 0.05) is 13.1 Å². The number of benzene rings is 1. The molecule has 130 valence electrons. The van der Waals surface area contributed by atoms with Crippen LogP contribution >= 0.6 is 11.6 Å². The van der Waals surface area contributed by atoms with Crippen LogP contribution in [0.25, 0.3) is 0 Å². The minimum atomic E-state index is -0.361. The lowest BCUT2D eigenvalue weighted by Crippen LogP contribution is -2.60. The Morgan fingerprint density at radius 1 is 1.38 bits per heavy atom. The third-order valence-corrected chi connectivity index (χ3v) is 4.86.